The second-order valence-corrected chi connectivity index (χ2v) is 7.26. The summed E-state index contributed by atoms with van der Waals surface area (Å²) < 4.78 is 2.85. The van der Waals surface area contributed by atoms with Crippen LogP contribution in [0.25, 0.3) is 11.4 Å². The third kappa shape index (κ3) is 4.26. The first-order valence-electron chi connectivity index (χ1n) is 7.53. The Balaban J connectivity index is 1.64. The van der Waals surface area contributed by atoms with Gasteiger partial charge < -0.3 is 9.88 Å². The van der Waals surface area contributed by atoms with E-state index < -0.39 is 0 Å². The van der Waals surface area contributed by atoms with E-state index >= 15 is 0 Å². The predicted octanol–water partition coefficient (Wildman–Crippen LogP) is 3.68. The molecule has 3 aromatic rings. The predicted molar refractivity (Wildman–Crippen MR) is 102 cm³/mol. The molecule has 128 valence electrons. The molecule has 1 aromatic carbocycles. The SMILES string of the molecule is Cc1cc(Br)ccc1NC(=O)CSc1nnc(-c2cccnc2)n1C. The molecule has 2 heterocycles. The maximum Gasteiger partial charge on any atom is 0.234 e. The number of pyridine rings is 1. The van der Waals surface area contributed by atoms with E-state index in [4.69, 9.17) is 0 Å². The van der Waals surface area contributed by atoms with Crippen molar-refractivity contribution in [1.29, 1.82) is 0 Å². The minimum absolute atomic E-state index is 0.0821. The van der Waals surface area contributed by atoms with E-state index in [2.05, 4.69) is 36.4 Å². The van der Waals surface area contributed by atoms with E-state index in [-0.39, 0.29) is 11.7 Å². The second-order valence-electron chi connectivity index (χ2n) is 5.40. The van der Waals surface area contributed by atoms with Crippen molar-refractivity contribution in [2.24, 2.45) is 7.05 Å². The first-order chi connectivity index (χ1) is 12.0. The molecular formula is C17H16BrN5OS. The molecule has 6 nitrogen and oxygen atoms in total. The Labute approximate surface area is 158 Å². The second kappa shape index (κ2) is 7.79. The van der Waals surface area contributed by atoms with Gasteiger partial charge >= 0.3 is 0 Å². The summed E-state index contributed by atoms with van der Waals surface area (Å²) in [4.78, 5) is 16.3. The maximum absolute atomic E-state index is 12.2. The Hall–Kier alpha value is -2.19. The molecule has 0 aliphatic heterocycles. The number of hydrogen-bond donors (Lipinski definition) is 1. The summed E-state index contributed by atoms with van der Waals surface area (Å²) in [6.45, 7) is 1.95. The zero-order valence-corrected chi connectivity index (χ0v) is 16.1. The van der Waals surface area contributed by atoms with E-state index in [1.54, 1.807) is 12.4 Å². The molecule has 1 amide bonds. The molecular weight excluding hydrogens is 402 g/mol. The minimum Gasteiger partial charge on any atom is -0.325 e. The summed E-state index contributed by atoms with van der Waals surface area (Å²) >= 11 is 4.76. The third-order valence-electron chi connectivity index (χ3n) is 3.55. The van der Waals surface area contributed by atoms with Crippen LogP contribution < -0.4 is 5.32 Å². The average molecular weight is 418 g/mol. The first kappa shape index (κ1) is 17.6. The number of halogens is 1. The standard InChI is InChI=1S/C17H16BrN5OS/c1-11-8-13(18)5-6-14(11)20-15(24)10-25-17-22-21-16(23(17)2)12-4-3-7-19-9-12/h3-9H,10H2,1-2H3,(H,20,24). The molecule has 8 heteroatoms. The van der Waals surface area contributed by atoms with Gasteiger partial charge in [0.25, 0.3) is 0 Å². The summed E-state index contributed by atoms with van der Waals surface area (Å²) in [6, 6.07) is 9.52. The van der Waals surface area contributed by atoms with Crippen LogP contribution in [0, 0.1) is 6.92 Å². The Morgan fingerprint density at radius 3 is 2.88 bits per heavy atom. The van der Waals surface area contributed by atoms with E-state index in [1.165, 1.54) is 11.8 Å². The van der Waals surface area contributed by atoms with Gasteiger partial charge in [0.05, 0.1) is 5.75 Å². The lowest BCUT2D eigenvalue weighted by atomic mass is 10.2. The smallest absolute Gasteiger partial charge is 0.234 e. The van der Waals surface area contributed by atoms with Crippen molar-refractivity contribution in [2.75, 3.05) is 11.1 Å². The highest BCUT2D eigenvalue weighted by atomic mass is 79.9. The molecule has 1 N–H and O–H groups in total. The zero-order chi connectivity index (χ0) is 17.8. The monoisotopic (exact) mass is 417 g/mol. The fourth-order valence-corrected chi connectivity index (χ4v) is 3.46. The van der Waals surface area contributed by atoms with Gasteiger partial charge in [0.15, 0.2) is 11.0 Å². The molecule has 0 aliphatic rings. The Morgan fingerprint density at radius 2 is 2.16 bits per heavy atom. The molecule has 0 aliphatic carbocycles. The number of anilines is 1. The van der Waals surface area contributed by atoms with Crippen molar-refractivity contribution in [1.82, 2.24) is 19.7 Å². The van der Waals surface area contributed by atoms with Gasteiger partial charge in [-0.3, -0.25) is 9.78 Å². The molecule has 0 atom stereocenters. The van der Waals surface area contributed by atoms with Gasteiger partial charge in [-0.05, 0) is 42.8 Å². The number of carbonyl (C=O) groups excluding carboxylic acids is 1. The zero-order valence-electron chi connectivity index (χ0n) is 13.7. The van der Waals surface area contributed by atoms with Crippen molar-refractivity contribution >= 4 is 39.3 Å². The van der Waals surface area contributed by atoms with Crippen molar-refractivity contribution in [3.05, 3.63) is 52.8 Å². The quantitative estimate of drug-likeness (QED) is 0.640. The highest BCUT2D eigenvalue weighted by Crippen LogP contribution is 2.23. The topological polar surface area (TPSA) is 72.7 Å². The van der Waals surface area contributed by atoms with Gasteiger partial charge in [0.1, 0.15) is 0 Å². The number of aryl methyl sites for hydroxylation is 1. The van der Waals surface area contributed by atoms with Crippen LogP contribution in [0.4, 0.5) is 5.69 Å². The van der Waals surface area contributed by atoms with Crippen LogP contribution >= 0.6 is 27.7 Å². The fourth-order valence-electron chi connectivity index (χ4n) is 2.27. The van der Waals surface area contributed by atoms with Crippen LogP contribution in [0.2, 0.25) is 0 Å². The number of carbonyl (C=O) groups is 1. The van der Waals surface area contributed by atoms with Crippen molar-refractivity contribution in [3.8, 4) is 11.4 Å². The van der Waals surface area contributed by atoms with Crippen LogP contribution in [-0.2, 0) is 11.8 Å². The summed E-state index contributed by atoms with van der Waals surface area (Å²) in [5.74, 6) is 0.898. The van der Waals surface area contributed by atoms with Gasteiger partial charge in [-0.25, -0.2) is 0 Å². The third-order valence-corrected chi connectivity index (χ3v) is 5.06. The number of amides is 1. The molecule has 3 rings (SSSR count). The van der Waals surface area contributed by atoms with Crippen LogP contribution in [0.1, 0.15) is 5.56 Å². The molecule has 0 bridgehead atoms. The van der Waals surface area contributed by atoms with Gasteiger partial charge in [0.2, 0.25) is 5.91 Å². The van der Waals surface area contributed by atoms with Crippen LogP contribution in [0.3, 0.4) is 0 Å². The normalized spacial score (nSPS) is 10.7. The van der Waals surface area contributed by atoms with Gasteiger partial charge in [-0.1, -0.05) is 27.7 Å². The lowest BCUT2D eigenvalue weighted by molar-refractivity contribution is -0.113. The Bertz CT molecular complexity index is 897. The maximum atomic E-state index is 12.2. The Kier molecular flexibility index (Phi) is 5.50. The molecule has 0 spiro atoms. The van der Waals surface area contributed by atoms with Crippen molar-refractivity contribution in [3.63, 3.8) is 0 Å². The molecule has 0 radical (unpaired) electrons. The van der Waals surface area contributed by atoms with E-state index in [9.17, 15) is 4.79 Å². The van der Waals surface area contributed by atoms with Gasteiger partial charge in [-0.2, -0.15) is 0 Å². The van der Waals surface area contributed by atoms with Gasteiger partial charge in [-0.15, -0.1) is 10.2 Å². The first-order valence-corrected chi connectivity index (χ1v) is 9.31. The summed E-state index contributed by atoms with van der Waals surface area (Å²) in [5.41, 5.74) is 2.70. The molecule has 25 heavy (non-hydrogen) atoms. The van der Waals surface area contributed by atoms with Crippen LogP contribution in [0.15, 0.2) is 52.4 Å². The van der Waals surface area contributed by atoms with Crippen LogP contribution in [-0.4, -0.2) is 31.4 Å². The summed E-state index contributed by atoms with van der Waals surface area (Å²) in [6.07, 6.45) is 3.45. The number of benzene rings is 1. The van der Waals surface area contributed by atoms with Crippen LogP contribution in [0.5, 0.6) is 0 Å². The molecule has 0 fully saturated rings. The minimum atomic E-state index is -0.0821. The van der Waals surface area contributed by atoms with Crippen molar-refractivity contribution < 1.29 is 4.79 Å². The lowest BCUT2D eigenvalue weighted by Crippen LogP contribution is -2.15. The number of aromatic nitrogens is 4. The summed E-state index contributed by atoms with van der Waals surface area (Å²) in [5, 5.41) is 11.9. The van der Waals surface area contributed by atoms with Gasteiger partial charge in [0, 0.05) is 35.2 Å². The number of thioether (sulfide) groups is 1. The number of hydrogen-bond acceptors (Lipinski definition) is 5. The lowest BCUT2D eigenvalue weighted by Gasteiger charge is -2.08. The largest absolute Gasteiger partial charge is 0.325 e. The molecule has 0 unspecified atom stereocenters. The highest BCUT2D eigenvalue weighted by molar-refractivity contribution is 9.10. The van der Waals surface area contributed by atoms with E-state index in [0.717, 1.165) is 27.1 Å². The summed E-state index contributed by atoms with van der Waals surface area (Å²) in [7, 11) is 1.88. The number of nitrogens with one attached hydrogen (secondary N) is 1. The molecule has 0 saturated carbocycles. The van der Waals surface area contributed by atoms with Crippen molar-refractivity contribution in [2.45, 2.75) is 12.1 Å². The van der Waals surface area contributed by atoms with E-state index in [1.807, 2.05) is 48.9 Å². The molecule has 2 aromatic heterocycles. The van der Waals surface area contributed by atoms with E-state index in [0.29, 0.717) is 5.16 Å². The highest BCUT2D eigenvalue weighted by Gasteiger charge is 2.13. The average Bonchev–Trinajstić information content (AvgIpc) is 2.97. The number of rotatable bonds is 5. The number of nitrogens with zero attached hydrogens (tertiary/aromatic N) is 4. The molecule has 0 saturated heterocycles. The Morgan fingerprint density at radius 1 is 1.32 bits per heavy atom. The fraction of sp³-hybridized carbons (Fsp3) is 0.176.